The summed E-state index contributed by atoms with van der Waals surface area (Å²) in [6.45, 7) is 0.722. The minimum atomic E-state index is -0.197. The monoisotopic (exact) mass is 149 g/mol. The summed E-state index contributed by atoms with van der Waals surface area (Å²) < 4.78 is 0. The Morgan fingerprint density at radius 1 is 1.27 bits per heavy atom. The Balaban J connectivity index is 2.17. The second kappa shape index (κ2) is 2.64. The lowest BCUT2D eigenvalue weighted by Crippen LogP contribution is -2.49. The summed E-state index contributed by atoms with van der Waals surface area (Å²) in [5.41, 5.74) is 1.17. The van der Waals surface area contributed by atoms with Crippen molar-refractivity contribution in [3.63, 3.8) is 0 Å². The molecule has 2 rings (SSSR count). The van der Waals surface area contributed by atoms with Crippen LogP contribution in [-0.2, 0) is 0 Å². The number of rotatable bonds is 1. The Labute approximate surface area is 65.9 Å². The molecule has 0 aliphatic carbocycles. The van der Waals surface area contributed by atoms with E-state index in [1.54, 1.807) is 0 Å². The quantitative estimate of drug-likeness (QED) is 0.615. The van der Waals surface area contributed by atoms with Gasteiger partial charge in [0.2, 0.25) is 0 Å². The van der Waals surface area contributed by atoms with E-state index < -0.39 is 0 Å². The average Bonchev–Trinajstić information content (AvgIpc) is 2.04. The number of aliphatic hydroxyl groups excluding tert-OH is 1. The molecule has 0 unspecified atom stereocenters. The third-order valence-electron chi connectivity index (χ3n) is 2.09. The van der Waals surface area contributed by atoms with E-state index in [1.807, 2.05) is 30.3 Å². The van der Waals surface area contributed by atoms with E-state index in [2.05, 4.69) is 5.32 Å². The van der Waals surface area contributed by atoms with Crippen LogP contribution in [0.25, 0.3) is 0 Å². The van der Waals surface area contributed by atoms with Crippen LogP contribution in [0.2, 0.25) is 0 Å². The molecule has 58 valence electrons. The summed E-state index contributed by atoms with van der Waals surface area (Å²) in [6, 6.07) is 10.2. The van der Waals surface area contributed by atoms with Crippen molar-refractivity contribution >= 4 is 0 Å². The number of benzene rings is 1. The van der Waals surface area contributed by atoms with Gasteiger partial charge in [-0.15, -0.1) is 0 Å². The molecule has 0 saturated carbocycles. The lowest BCUT2D eigenvalue weighted by Gasteiger charge is -2.34. The van der Waals surface area contributed by atoms with E-state index in [1.165, 1.54) is 5.56 Å². The fraction of sp³-hybridized carbons (Fsp3) is 0.333. The lowest BCUT2D eigenvalue weighted by atomic mass is 9.95. The number of hydrogen-bond acceptors (Lipinski definition) is 2. The van der Waals surface area contributed by atoms with E-state index in [-0.39, 0.29) is 12.1 Å². The molecule has 0 aromatic heterocycles. The smallest absolute Gasteiger partial charge is 0.0859 e. The molecule has 2 N–H and O–H groups in total. The molecule has 1 saturated heterocycles. The number of nitrogens with one attached hydrogen (secondary N) is 1. The van der Waals surface area contributed by atoms with E-state index in [0.717, 1.165) is 6.54 Å². The minimum absolute atomic E-state index is 0.163. The molecule has 2 atom stereocenters. The standard InChI is InChI=1S/C9H11NO/c11-8-6-10-9(8)7-4-2-1-3-5-7/h1-5,8-11H,6H2/t8-,9-/m1/s1. The van der Waals surface area contributed by atoms with Crippen LogP contribution in [0.15, 0.2) is 30.3 Å². The first-order valence-electron chi connectivity index (χ1n) is 3.84. The van der Waals surface area contributed by atoms with Gasteiger partial charge in [-0.05, 0) is 5.56 Å². The molecule has 1 aliphatic rings. The van der Waals surface area contributed by atoms with Crippen LogP contribution in [0, 0.1) is 0 Å². The molecule has 1 aliphatic heterocycles. The van der Waals surface area contributed by atoms with Crippen LogP contribution >= 0.6 is 0 Å². The topological polar surface area (TPSA) is 32.3 Å². The third-order valence-corrected chi connectivity index (χ3v) is 2.09. The van der Waals surface area contributed by atoms with Crippen LogP contribution in [0.3, 0.4) is 0 Å². The van der Waals surface area contributed by atoms with Crippen LogP contribution in [-0.4, -0.2) is 17.8 Å². The second-order valence-electron chi connectivity index (χ2n) is 2.86. The van der Waals surface area contributed by atoms with Gasteiger partial charge in [0.25, 0.3) is 0 Å². The molecule has 1 aromatic carbocycles. The van der Waals surface area contributed by atoms with Crippen molar-refractivity contribution in [3.8, 4) is 0 Å². The van der Waals surface area contributed by atoms with Crippen LogP contribution in [0.5, 0.6) is 0 Å². The van der Waals surface area contributed by atoms with Gasteiger partial charge in [-0.25, -0.2) is 0 Å². The highest BCUT2D eigenvalue weighted by atomic mass is 16.3. The average molecular weight is 149 g/mol. The van der Waals surface area contributed by atoms with Gasteiger partial charge in [-0.3, -0.25) is 0 Å². The highest BCUT2D eigenvalue weighted by molar-refractivity contribution is 5.22. The zero-order chi connectivity index (χ0) is 7.68. The summed E-state index contributed by atoms with van der Waals surface area (Å²) in [4.78, 5) is 0. The third kappa shape index (κ3) is 1.15. The van der Waals surface area contributed by atoms with Crippen LogP contribution in [0.4, 0.5) is 0 Å². The van der Waals surface area contributed by atoms with E-state index in [4.69, 9.17) is 0 Å². The van der Waals surface area contributed by atoms with Gasteiger partial charge in [-0.2, -0.15) is 0 Å². The number of aliphatic hydroxyl groups is 1. The Hall–Kier alpha value is -0.860. The summed E-state index contributed by atoms with van der Waals surface area (Å²) in [6.07, 6.45) is -0.197. The van der Waals surface area contributed by atoms with Crippen molar-refractivity contribution in [1.82, 2.24) is 5.32 Å². The van der Waals surface area contributed by atoms with Gasteiger partial charge in [-0.1, -0.05) is 30.3 Å². The van der Waals surface area contributed by atoms with Crippen molar-refractivity contribution in [2.75, 3.05) is 6.54 Å². The number of hydrogen-bond donors (Lipinski definition) is 2. The molecule has 2 heteroatoms. The van der Waals surface area contributed by atoms with Gasteiger partial charge >= 0.3 is 0 Å². The zero-order valence-corrected chi connectivity index (χ0v) is 6.20. The molecule has 11 heavy (non-hydrogen) atoms. The summed E-state index contributed by atoms with van der Waals surface area (Å²) in [5.74, 6) is 0. The molecule has 1 fully saturated rings. The molecule has 0 amide bonds. The first kappa shape index (κ1) is 6.83. The molecule has 1 heterocycles. The van der Waals surface area contributed by atoms with Crippen molar-refractivity contribution in [2.24, 2.45) is 0 Å². The van der Waals surface area contributed by atoms with E-state index in [9.17, 15) is 5.11 Å². The fourth-order valence-corrected chi connectivity index (χ4v) is 1.34. The van der Waals surface area contributed by atoms with E-state index in [0.29, 0.717) is 0 Å². The summed E-state index contributed by atoms with van der Waals surface area (Å²) >= 11 is 0. The highest BCUT2D eigenvalue weighted by Gasteiger charge is 2.28. The maximum atomic E-state index is 9.30. The summed E-state index contributed by atoms with van der Waals surface area (Å²) in [5, 5.41) is 12.5. The minimum Gasteiger partial charge on any atom is -0.390 e. The van der Waals surface area contributed by atoms with Crippen LogP contribution < -0.4 is 5.32 Å². The first-order chi connectivity index (χ1) is 5.38. The first-order valence-corrected chi connectivity index (χ1v) is 3.84. The molecule has 0 radical (unpaired) electrons. The SMILES string of the molecule is O[C@@H]1CN[C@@H]1c1ccccc1. The maximum absolute atomic E-state index is 9.30. The van der Waals surface area contributed by atoms with Crippen molar-refractivity contribution in [3.05, 3.63) is 35.9 Å². The molecule has 0 bridgehead atoms. The normalized spacial score (nSPS) is 29.5. The van der Waals surface area contributed by atoms with Crippen LogP contribution in [0.1, 0.15) is 11.6 Å². The summed E-state index contributed by atoms with van der Waals surface area (Å²) in [7, 11) is 0. The molecule has 1 aromatic rings. The zero-order valence-electron chi connectivity index (χ0n) is 6.20. The fourth-order valence-electron chi connectivity index (χ4n) is 1.34. The van der Waals surface area contributed by atoms with Crippen molar-refractivity contribution in [2.45, 2.75) is 12.1 Å². The lowest BCUT2D eigenvalue weighted by molar-refractivity contribution is 0.0611. The predicted octanol–water partition coefficient (Wildman–Crippen LogP) is 0.692. The van der Waals surface area contributed by atoms with Gasteiger partial charge < -0.3 is 10.4 Å². The Kier molecular flexibility index (Phi) is 1.64. The largest absolute Gasteiger partial charge is 0.390 e. The molecule has 2 nitrogen and oxygen atoms in total. The Bertz CT molecular complexity index is 235. The molecule has 0 spiro atoms. The van der Waals surface area contributed by atoms with Gasteiger partial charge in [0.1, 0.15) is 0 Å². The molecular formula is C9H11NO. The highest BCUT2D eigenvalue weighted by Crippen LogP contribution is 2.22. The predicted molar refractivity (Wildman–Crippen MR) is 43.2 cm³/mol. The van der Waals surface area contributed by atoms with Crippen molar-refractivity contribution in [1.29, 1.82) is 0 Å². The van der Waals surface area contributed by atoms with E-state index >= 15 is 0 Å². The Morgan fingerprint density at radius 2 is 2.00 bits per heavy atom. The molecular weight excluding hydrogens is 138 g/mol. The maximum Gasteiger partial charge on any atom is 0.0859 e. The van der Waals surface area contributed by atoms with Crippen molar-refractivity contribution < 1.29 is 5.11 Å². The Morgan fingerprint density at radius 3 is 2.45 bits per heavy atom. The second-order valence-corrected chi connectivity index (χ2v) is 2.86. The number of β-amino-alcohol motifs (C(OH)–C–C–N with tert-alkyl or cyclic N) is 1. The van der Waals surface area contributed by atoms with Gasteiger partial charge in [0.15, 0.2) is 0 Å². The van der Waals surface area contributed by atoms with Gasteiger partial charge in [0.05, 0.1) is 12.1 Å². The van der Waals surface area contributed by atoms with Gasteiger partial charge in [0, 0.05) is 6.54 Å².